The Morgan fingerprint density at radius 1 is 0.963 bits per heavy atom. The van der Waals surface area contributed by atoms with Gasteiger partial charge in [-0.25, -0.2) is 0 Å². The molecular weight excluding hydrogens is 342 g/mol. The van der Waals surface area contributed by atoms with Crippen LogP contribution in [0.2, 0.25) is 0 Å². The monoisotopic (exact) mass is 365 g/mol. The first-order valence-corrected chi connectivity index (χ1v) is 9.31. The summed E-state index contributed by atoms with van der Waals surface area (Å²) in [5, 5.41) is 4.10. The van der Waals surface area contributed by atoms with E-state index in [1.54, 1.807) is 0 Å². The van der Waals surface area contributed by atoms with E-state index < -0.39 is 0 Å². The molecule has 2 heterocycles. The lowest BCUT2D eigenvalue weighted by Crippen LogP contribution is -2.37. The van der Waals surface area contributed by atoms with E-state index in [1.165, 1.54) is 0 Å². The van der Waals surface area contributed by atoms with Gasteiger partial charge in [-0.15, -0.1) is 0 Å². The molecule has 0 radical (unpaired) electrons. The van der Waals surface area contributed by atoms with Crippen LogP contribution in [0.4, 0.5) is 0 Å². The topological polar surface area (TPSA) is 60.6 Å². The van der Waals surface area contributed by atoms with Gasteiger partial charge < -0.3 is 14.0 Å². The molecule has 0 unspecified atom stereocenters. The van der Waals surface area contributed by atoms with Crippen LogP contribution in [-0.4, -0.2) is 54.5 Å². The summed E-state index contributed by atoms with van der Waals surface area (Å²) in [4.78, 5) is 6.94. The van der Waals surface area contributed by atoms with Crippen LogP contribution in [0.25, 0.3) is 22.8 Å². The summed E-state index contributed by atoms with van der Waals surface area (Å²) in [6, 6.07) is 17.6. The molecule has 0 atom stereocenters. The van der Waals surface area contributed by atoms with E-state index >= 15 is 0 Å². The van der Waals surface area contributed by atoms with E-state index in [0.717, 1.165) is 56.1 Å². The van der Waals surface area contributed by atoms with Crippen LogP contribution in [0.1, 0.15) is 6.42 Å². The van der Waals surface area contributed by atoms with Crippen molar-refractivity contribution in [3.8, 4) is 28.6 Å². The van der Waals surface area contributed by atoms with E-state index in [1.807, 2.05) is 54.6 Å². The van der Waals surface area contributed by atoms with Gasteiger partial charge in [0.1, 0.15) is 5.75 Å². The van der Waals surface area contributed by atoms with E-state index in [9.17, 15) is 0 Å². The number of hydrogen-bond acceptors (Lipinski definition) is 6. The van der Waals surface area contributed by atoms with Crippen LogP contribution in [0, 0.1) is 0 Å². The standard InChI is InChI=1S/C21H23N3O3/c1-2-7-17(8-3-1)20-22-21(27-23-20)18-9-4-5-10-19(18)26-14-6-11-24-12-15-25-16-13-24/h1-5,7-10H,6,11-16H2. The molecule has 1 aliphatic heterocycles. The SMILES string of the molecule is c1ccc(-c2noc(-c3ccccc3OCCCN3CCOCC3)n2)cc1. The van der Waals surface area contributed by atoms with Crippen LogP contribution in [-0.2, 0) is 4.74 Å². The predicted octanol–water partition coefficient (Wildman–Crippen LogP) is 3.50. The number of ether oxygens (including phenoxy) is 2. The maximum Gasteiger partial charge on any atom is 0.262 e. The average Bonchev–Trinajstić information content (AvgIpc) is 3.23. The summed E-state index contributed by atoms with van der Waals surface area (Å²) in [5.74, 6) is 1.81. The summed E-state index contributed by atoms with van der Waals surface area (Å²) in [6.07, 6.45) is 0.966. The smallest absolute Gasteiger partial charge is 0.262 e. The van der Waals surface area contributed by atoms with Crippen molar-refractivity contribution in [3.63, 3.8) is 0 Å². The Balaban J connectivity index is 1.40. The molecule has 6 heteroatoms. The third-order valence-corrected chi connectivity index (χ3v) is 4.56. The molecule has 0 aliphatic carbocycles. The fraction of sp³-hybridized carbons (Fsp3) is 0.333. The minimum Gasteiger partial charge on any atom is -0.493 e. The van der Waals surface area contributed by atoms with E-state index in [2.05, 4.69) is 15.0 Å². The molecule has 0 spiro atoms. The maximum atomic E-state index is 6.01. The molecule has 0 saturated carbocycles. The van der Waals surface area contributed by atoms with Gasteiger partial charge in [-0.2, -0.15) is 4.98 Å². The van der Waals surface area contributed by atoms with Gasteiger partial charge in [-0.1, -0.05) is 47.6 Å². The Hall–Kier alpha value is -2.70. The van der Waals surface area contributed by atoms with Crippen molar-refractivity contribution in [2.45, 2.75) is 6.42 Å². The second-order valence-electron chi connectivity index (χ2n) is 6.44. The van der Waals surface area contributed by atoms with Crippen molar-refractivity contribution >= 4 is 0 Å². The summed E-state index contributed by atoms with van der Waals surface area (Å²) in [7, 11) is 0. The van der Waals surface area contributed by atoms with Crippen molar-refractivity contribution in [1.82, 2.24) is 15.0 Å². The molecule has 4 rings (SSSR count). The highest BCUT2D eigenvalue weighted by molar-refractivity contribution is 5.65. The number of nitrogens with zero attached hydrogens (tertiary/aromatic N) is 3. The molecule has 2 aromatic carbocycles. The molecule has 1 aromatic heterocycles. The number of rotatable bonds is 7. The van der Waals surface area contributed by atoms with Gasteiger partial charge in [0.2, 0.25) is 5.82 Å². The Kier molecular flexibility index (Phi) is 5.76. The summed E-state index contributed by atoms with van der Waals surface area (Å²) >= 11 is 0. The zero-order valence-electron chi connectivity index (χ0n) is 15.2. The number of aromatic nitrogens is 2. The lowest BCUT2D eigenvalue weighted by atomic mass is 10.2. The Labute approximate surface area is 158 Å². The fourth-order valence-electron chi connectivity index (χ4n) is 3.10. The van der Waals surface area contributed by atoms with Crippen molar-refractivity contribution in [3.05, 3.63) is 54.6 Å². The van der Waals surface area contributed by atoms with Gasteiger partial charge in [0, 0.05) is 25.2 Å². The second kappa shape index (κ2) is 8.79. The second-order valence-corrected chi connectivity index (χ2v) is 6.44. The summed E-state index contributed by atoms with van der Waals surface area (Å²) < 4.78 is 16.9. The highest BCUT2D eigenvalue weighted by Gasteiger charge is 2.15. The van der Waals surface area contributed by atoms with Crippen molar-refractivity contribution in [2.24, 2.45) is 0 Å². The number of para-hydroxylation sites is 1. The summed E-state index contributed by atoms with van der Waals surface area (Å²) in [5.41, 5.74) is 1.75. The molecule has 0 bridgehead atoms. The Morgan fingerprint density at radius 2 is 1.74 bits per heavy atom. The quantitative estimate of drug-likeness (QED) is 0.597. The lowest BCUT2D eigenvalue weighted by molar-refractivity contribution is 0.0358. The third kappa shape index (κ3) is 4.53. The first kappa shape index (κ1) is 17.7. The molecule has 1 fully saturated rings. The van der Waals surface area contributed by atoms with Crippen LogP contribution in [0.3, 0.4) is 0 Å². The van der Waals surface area contributed by atoms with E-state index in [-0.39, 0.29) is 0 Å². The van der Waals surface area contributed by atoms with Crippen LogP contribution in [0.15, 0.2) is 59.1 Å². The van der Waals surface area contributed by atoms with E-state index in [4.69, 9.17) is 14.0 Å². The van der Waals surface area contributed by atoms with Crippen LogP contribution < -0.4 is 4.74 Å². The number of hydrogen-bond donors (Lipinski definition) is 0. The van der Waals surface area contributed by atoms with Gasteiger partial charge in [0.15, 0.2) is 0 Å². The molecule has 0 N–H and O–H groups in total. The molecule has 6 nitrogen and oxygen atoms in total. The summed E-state index contributed by atoms with van der Waals surface area (Å²) in [6.45, 7) is 5.31. The van der Waals surface area contributed by atoms with Gasteiger partial charge >= 0.3 is 0 Å². The maximum absolute atomic E-state index is 6.01. The normalized spacial score (nSPS) is 15.0. The molecule has 27 heavy (non-hydrogen) atoms. The number of morpholine rings is 1. The minimum absolute atomic E-state index is 0.470. The number of benzene rings is 2. The highest BCUT2D eigenvalue weighted by atomic mass is 16.5. The molecule has 1 aliphatic rings. The predicted molar refractivity (Wildman–Crippen MR) is 103 cm³/mol. The average molecular weight is 365 g/mol. The highest BCUT2D eigenvalue weighted by Crippen LogP contribution is 2.30. The minimum atomic E-state index is 0.470. The zero-order chi connectivity index (χ0) is 18.3. The first-order valence-electron chi connectivity index (χ1n) is 9.31. The molecule has 3 aromatic rings. The molecule has 140 valence electrons. The zero-order valence-corrected chi connectivity index (χ0v) is 15.2. The lowest BCUT2D eigenvalue weighted by Gasteiger charge is -2.26. The Morgan fingerprint density at radius 3 is 2.59 bits per heavy atom. The van der Waals surface area contributed by atoms with Crippen LogP contribution >= 0.6 is 0 Å². The van der Waals surface area contributed by atoms with Crippen LogP contribution in [0.5, 0.6) is 5.75 Å². The van der Waals surface area contributed by atoms with Crippen molar-refractivity contribution in [1.29, 1.82) is 0 Å². The van der Waals surface area contributed by atoms with E-state index in [0.29, 0.717) is 18.3 Å². The van der Waals surface area contributed by atoms with Gasteiger partial charge in [0.25, 0.3) is 5.89 Å². The van der Waals surface area contributed by atoms with Crippen molar-refractivity contribution in [2.75, 3.05) is 39.5 Å². The first-order chi connectivity index (χ1) is 13.4. The van der Waals surface area contributed by atoms with Gasteiger partial charge in [0.05, 0.1) is 25.4 Å². The van der Waals surface area contributed by atoms with Crippen molar-refractivity contribution < 1.29 is 14.0 Å². The van der Waals surface area contributed by atoms with Gasteiger partial charge in [-0.05, 0) is 18.6 Å². The van der Waals surface area contributed by atoms with Gasteiger partial charge in [-0.3, -0.25) is 4.90 Å². The third-order valence-electron chi connectivity index (χ3n) is 4.56. The Bertz CT molecular complexity index is 845. The molecular formula is C21H23N3O3. The molecule has 0 amide bonds. The fourth-order valence-corrected chi connectivity index (χ4v) is 3.10. The largest absolute Gasteiger partial charge is 0.493 e. The molecule has 1 saturated heterocycles.